The average Bonchev–Trinajstić information content (AvgIpc) is 3.01. The van der Waals surface area contributed by atoms with Crippen LogP contribution in [0.25, 0.3) is 28.9 Å². The Kier molecular flexibility index (Phi) is 10.6. The van der Waals surface area contributed by atoms with Crippen LogP contribution in [-0.2, 0) is 0 Å². The molecule has 0 spiro atoms. The molecule has 0 amide bonds. The van der Waals surface area contributed by atoms with Gasteiger partial charge >= 0.3 is 0 Å². The molecule has 0 saturated heterocycles. The molecule has 0 unspecified atom stereocenters. The average molecular weight is 544 g/mol. The number of likely N-dealkylation sites (N-methyl/N-ethyl adjacent to an activating group) is 1. The summed E-state index contributed by atoms with van der Waals surface area (Å²) in [5.41, 5.74) is 14.2. The molecular weight excluding hydrogens is 498 g/mol. The maximum Gasteiger partial charge on any atom is 0.121 e. The van der Waals surface area contributed by atoms with Crippen molar-refractivity contribution < 1.29 is 0 Å². The summed E-state index contributed by atoms with van der Waals surface area (Å²) in [5.74, 6) is 1.08. The molecule has 0 fully saturated rings. The molecule has 41 heavy (non-hydrogen) atoms. The summed E-state index contributed by atoms with van der Waals surface area (Å²) in [4.78, 5) is 4.55. The van der Waals surface area contributed by atoms with E-state index >= 15 is 0 Å². The van der Waals surface area contributed by atoms with Gasteiger partial charge in [-0.3, -0.25) is 0 Å². The summed E-state index contributed by atoms with van der Waals surface area (Å²) < 4.78 is 0. The van der Waals surface area contributed by atoms with Gasteiger partial charge in [0.15, 0.2) is 0 Å². The Balaban J connectivity index is 1.95. The topological polar surface area (TPSA) is 32.5 Å². The third kappa shape index (κ3) is 6.81. The predicted molar refractivity (Wildman–Crippen MR) is 179 cm³/mol. The highest BCUT2D eigenvalue weighted by molar-refractivity contribution is 6.06. The summed E-state index contributed by atoms with van der Waals surface area (Å²) in [6, 6.07) is 28.1. The number of hydrogen-bond donors (Lipinski definition) is 1. The van der Waals surface area contributed by atoms with Gasteiger partial charge in [-0.25, -0.2) is 0 Å². The van der Waals surface area contributed by atoms with E-state index in [0.29, 0.717) is 13.1 Å². The fourth-order valence-electron chi connectivity index (χ4n) is 5.44. The summed E-state index contributed by atoms with van der Waals surface area (Å²) in [6.07, 6.45) is 13.6. The summed E-state index contributed by atoms with van der Waals surface area (Å²) in [5, 5.41) is 2.61. The van der Waals surface area contributed by atoms with Crippen LogP contribution in [0.5, 0.6) is 0 Å². The van der Waals surface area contributed by atoms with Crippen molar-refractivity contribution in [3.8, 4) is 0 Å². The first-order valence-corrected chi connectivity index (χ1v) is 15.0. The smallest absolute Gasteiger partial charge is 0.121 e. The molecule has 0 saturated carbocycles. The van der Waals surface area contributed by atoms with E-state index in [1.165, 1.54) is 27.1 Å². The van der Waals surface area contributed by atoms with E-state index in [0.717, 1.165) is 53.9 Å². The molecule has 0 atom stereocenters. The van der Waals surface area contributed by atoms with E-state index in [1.54, 1.807) is 0 Å². The first-order valence-electron chi connectivity index (χ1n) is 15.0. The van der Waals surface area contributed by atoms with Gasteiger partial charge in [-0.05, 0) is 58.5 Å². The number of unbranched alkanes of at least 4 members (excludes halogenated alkanes) is 2. The van der Waals surface area contributed by atoms with Crippen LogP contribution in [0.4, 0.5) is 0 Å². The zero-order valence-corrected chi connectivity index (χ0v) is 25.2. The van der Waals surface area contributed by atoms with Gasteiger partial charge in [0.05, 0.1) is 0 Å². The van der Waals surface area contributed by atoms with E-state index in [2.05, 4.69) is 147 Å². The highest BCUT2D eigenvalue weighted by Crippen LogP contribution is 2.41. The molecule has 0 bridgehead atoms. The first kappa shape index (κ1) is 29.9. The predicted octanol–water partition coefficient (Wildman–Crippen LogP) is 7.38. The quantitative estimate of drug-likeness (QED) is 0.290. The van der Waals surface area contributed by atoms with Gasteiger partial charge in [0.1, 0.15) is 5.82 Å². The van der Waals surface area contributed by atoms with Crippen molar-refractivity contribution in [2.75, 3.05) is 20.1 Å². The van der Waals surface area contributed by atoms with Crippen molar-refractivity contribution in [1.29, 1.82) is 0 Å². The normalized spacial score (nSPS) is 16.4. The SMILES string of the molecule is C=C1C(c2ccc(=C\CCC)/c(=C\CCC)c2)=CN(CCN)/C(=C(/C(=C\C)c2ccccc2)c2ccccc2)N1C. The standard InChI is InChI=1S/C38H45N3/c1-6-9-17-30-23-24-34(27-33(30)18-10-7-2)36-28-41(26-25-39)38(40(5)29(36)4)37(32-21-15-12-16-22-32)35(8-3)31-19-13-11-14-20-31/h8,11-24,27-28H,4,6-7,9-10,25-26,39H2,1-3,5H3/b30-17+,33-18-,35-8-,38-37+. The van der Waals surface area contributed by atoms with Crippen LogP contribution in [0.2, 0.25) is 0 Å². The Labute approximate surface area is 247 Å². The Bertz CT molecular complexity index is 1540. The minimum atomic E-state index is 0.534. The monoisotopic (exact) mass is 543 g/mol. The molecule has 2 N–H and O–H groups in total. The van der Waals surface area contributed by atoms with E-state index in [9.17, 15) is 0 Å². The van der Waals surface area contributed by atoms with Crippen molar-refractivity contribution in [3.05, 3.63) is 136 Å². The van der Waals surface area contributed by atoms with E-state index in [4.69, 9.17) is 5.73 Å². The molecule has 0 aromatic heterocycles. The van der Waals surface area contributed by atoms with E-state index in [1.807, 2.05) is 0 Å². The van der Waals surface area contributed by atoms with Gasteiger partial charge in [0.2, 0.25) is 0 Å². The highest BCUT2D eigenvalue weighted by atomic mass is 15.3. The molecule has 4 rings (SSSR count). The number of benzene rings is 3. The lowest BCUT2D eigenvalue weighted by atomic mass is 9.90. The molecular formula is C38H45N3. The van der Waals surface area contributed by atoms with Gasteiger partial charge in [-0.15, -0.1) is 0 Å². The third-order valence-electron chi connectivity index (χ3n) is 7.59. The van der Waals surface area contributed by atoms with Gasteiger partial charge in [-0.1, -0.05) is 124 Å². The fraction of sp³-hybridized carbons (Fsp3) is 0.263. The minimum absolute atomic E-state index is 0.534. The van der Waals surface area contributed by atoms with Crippen LogP contribution in [0, 0.1) is 0 Å². The number of nitrogens with two attached hydrogens (primary N) is 1. The van der Waals surface area contributed by atoms with Crippen LogP contribution in [0.15, 0.2) is 109 Å². The number of allylic oxidation sites excluding steroid dienone is 4. The van der Waals surface area contributed by atoms with Crippen LogP contribution in [0.1, 0.15) is 63.1 Å². The number of hydrogen-bond acceptors (Lipinski definition) is 3. The molecule has 212 valence electrons. The second-order valence-corrected chi connectivity index (χ2v) is 10.5. The zero-order chi connectivity index (χ0) is 29.2. The van der Waals surface area contributed by atoms with Crippen molar-refractivity contribution in [2.45, 2.75) is 46.5 Å². The van der Waals surface area contributed by atoms with Gasteiger partial charge in [-0.2, -0.15) is 0 Å². The fourth-order valence-corrected chi connectivity index (χ4v) is 5.44. The highest BCUT2D eigenvalue weighted by Gasteiger charge is 2.29. The van der Waals surface area contributed by atoms with E-state index in [-0.39, 0.29) is 0 Å². The maximum absolute atomic E-state index is 6.23. The van der Waals surface area contributed by atoms with Crippen LogP contribution in [-0.4, -0.2) is 29.9 Å². The van der Waals surface area contributed by atoms with Crippen LogP contribution < -0.4 is 16.2 Å². The molecule has 1 heterocycles. The molecule has 0 aliphatic carbocycles. The summed E-state index contributed by atoms with van der Waals surface area (Å²) in [6.45, 7) is 12.4. The molecule has 0 radical (unpaired) electrons. The number of rotatable bonds is 10. The lowest BCUT2D eigenvalue weighted by Gasteiger charge is -2.40. The van der Waals surface area contributed by atoms with Crippen molar-refractivity contribution in [3.63, 3.8) is 0 Å². The zero-order valence-electron chi connectivity index (χ0n) is 25.2. The van der Waals surface area contributed by atoms with Gasteiger partial charge < -0.3 is 15.5 Å². The van der Waals surface area contributed by atoms with Crippen LogP contribution in [0.3, 0.4) is 0 Å². The van der Waals surface area contributed by atoms with E-state index < -0.39 is 0 Å². The Morgan fingerprint density at radius 1 is 0.829 bits per heavy atom. The summed E-state index contributed by atoms with van der Waals surface area (Å²) >= 11 is 0. The Hall–Kier alpha value is -4.08. The Morgan fingerprint density at radius 2 is 1.44 bits per heavy atom. The molecule has 3 heteroatoms. The van der Waals surface area contributed by atoms with Crippen molar-refractivity contribution >= 4 is 28.9 Å². The largest absolute Gasteiger partial charge is 0.332 e. The second-order valence-electron chi connectivity index (χ2n) is 10.5. The van der Waals surface area contributed by atoms with Crippen molar-refractivity contribution in [1.82, 2.24) is 9.80 Å². The van der Waals surface area contributed by atoms with Gasteiger partial charge in [0.25, 0.3) is 0 Å². The molecule has 1 aliphatic heterocycles. The lowest BCUT2D eigenvalue weighted by molar-refractivity contribution is 0.335. The minimum Gasteiger partial charge on any atom is -0.332 e. The molecule has 3 nitrogen and oxygen atoms in total. The number of nitrogens with zero attached hydrogens (tertiary/aromatic N) is 2. The molecule has 1 aliphatic rings. The van der Waals surface area contributed by atoms with Gasteiger partial charge in [0, 0.05) is 43.2 Å². The Morgan fingerprint density at radius 3 is 2.02 bits per heavy atom. The summed E-state index contributed by atoms with van der Waals surface area (Å²) in [7, 11) is 2.13. The lowest BCUT2D eigenvalue weighted by Crippen LogP contribution is -2.38. The molecule has 3 aromatic rings. The van der Waals surface area contributed by atoms with Crippen LogP contribution >= 0.6 is 0 Å². The third-order valence-corrected chi connectivity index (χ3v) is 7.59. The second kappa shape index (κ2) is 14.5. The maximum atomic E-state index is 6.23. The van der Waals surface area contributed by atoms with Crippen molar-refractivity contribution in [2.24, 2.45) is 5.73 Å². The molecule has 3 aromatic carbocycles. The first-order chi connectivity index (χ1) is 20.0.